The highest BCUT2D eigenvalue weighted by atomic mass is 35.5. The smallest absolute Gasteiger partial charge is 0.252 e. The molecule has 2 aromatic rings. The molecule has 0 heterocycles. The third-order valence-corrected chi connectivity index (χ3v) is 8.32. The maximum Gasteiger partial charge on any atom is 0.252 e. The van der Waals surface area contributed by atoms with Crippen LogP contribution in [0, 0.1) is 0 Å². The Hall–Kier alpha value is -1.13. The minimum Gasteiger partial charge on any atom is -0.407 e. The van der Waals surface area contributed by atoms with E-state index in [0.717, 1.165) is 31.3 Å². The quantitative estimate of drug-likeness (QED) is 0.679. The Bertz CT molecular complexity index is 586. The zero-order chi connectivity index (χ0) is 16.7. The summed E-state index contributed by atoms with van der Waals surface area (Å²) in [6.07, 6.45) is 0. The van der Waals surface area contributed by atoms with Gasteiger partial charge in [0.05, 0.1) is 0 Å². The Morgan fingerprint density at radius 3 is 2.04 bits per heavy atom. The average Bonchev–Trinajstić information content (AvgIpc) is 2.60. The van der Waals surface area contributed by atoms with E-state index in [1.165, 1.54) is 10.4 Å². The number of likely N-dealkylation sites (N-methyl/N-ethyl adjacent to an activating group) is 1. The molecule has 2 rings (SSSR count). The van der Waals surface area contributed by atoms with Crippen LogP contribution in [-0.4, -0.2) is 39.5 Å². The molecule has 0 aliphatic rings. The molecule has 4 heteroatoms. The molecule has 0 spiro atoms. The van der Waals surface area contributed by atoms with Crippen LogP contribution in [-0.2, 0) is 4.43 Å². The summed E-state index contributed by atoms with van der Waals surface area (Å²) in [6.45, 7) is 10.5. The first-order valence-corrected chi connectivity index (χ1v) is 11.1. The van der Waals surface area contributed by atoms with E-state index in [1.54, 1.807) is 0 Å². The first-order valence-electron chi connectivity index (χ1n) is 8.28. The Labute approximate surface area is 146 Å². The van der Waals surface area contributed by atoms with Crippen LogP contribution in [0.5, 0.6) is 0 Å². The maximum atomic E-state index is 6.53. The topological polar surface area (TPSA) is 12.5 Å². The molecule has 0 aliphatic heterocycles. The van der Waals surface area contributed by atoms with Gasteiger partial charge < -0.3 is 9.33 Å². The molecule has 2 aromatic carbocycles. The molecule has 23 heavy (non-hydrogen) atoms. The lowest BCUT2D eigenvalue weighted by Gasteiger charge is -2.30. The number of hydrogen-bond donors (Lipinski definition) is 0. The van der Waals surface area contributed by atoms with Crippen molar-refractivity contribution in [3.8, 4) is 0 Å². The predicted molar refractivity (Wildman–Crippen MR) is 103 cm³/mol. The second-order valence-corrected chi connectivity index (χ2v) is 9.73. The third kappa shape index (κ3) is 4.67. The van der Waals surface area contributed by atoms with Crippen LogP contribution in [0.2, 0.25) is 11.6 Å². The average molecular weight is 348 g/mol. The SMILES string of the molecule is CCN(CC)CCO[Si](C)(c1ccccc1)c1ccc(Cl)cc1. The van der Waals surface area contributed by atoms with E-state index >= 15 is 0 Å². The molecule has 2 nitrogen and oxygen atoms in total. The fourth-order valence-corrected chi connectivity index (χ4v) is 5.70. The Morgan fingerprint density at radius 1 is 0.913 bits per heavy atom. The Kier molecular flexibility index (Phi) is 6.84. The van der Waals surface area contributed by atoms with Gasteiger partial charge in [0.15, 0.2) is 0 Å². The highest BCUT2D eigenvalue weighted by Gasteiger charge is 2.34. The van der Waals surface area contributed by atoms with Gasteiger partial charge >= 0.3 is 0 Å². The van der Waals surface area contributed by atoms with Gasteiger partial charge in [-0.25, -0.2) is 0 Å². The molecule has 0 bridgehead atoms. The summed E-state index contributed by atoms with van der Waals surface area (Å²) in [5, 5.41) is 3.32. The standard InChI is InChI=1S/C19H26ClNOSi/c1-4-21(5-2)15-16-22-23(3,18-9-7-6-8-10-18)19-13-11-17(20)12-14-19/h6-14H,4-5,15-16H2,1-3H3. The van der Waals surface area contributed by atoms with Gasteiger partial charge in [0, 0.05) is 18.2 Å². The van der Waals surface area contributed by atoms with Crippen LogP contribution in [0.25, 0.3) is 0 Å². The Morgan fingerprint density at radius 2 is 1.48 bits per heavy atom. The molecule has 0 fully saturated rings. The van der Waals surface area contributed by atoms with E-state index in [2.05, 4.69) is 67.8 Å². The second kappa shape index (κ2) is 8.64. The van der Waals surface area contributed by atoms with Crippen molar-refractivity contribution in [3.05, 3.63) is 59.6 Å². The van der Waals surface area contributed by atoms with Crippen LogP contribution in [0.4, 0.5) is 0 Å². The summed E-state index contributed by atoms with van der Waals surface area (Å²) in [6, 6.07) is 18.7. The summed E-state index contributed by atoms with van der Waals surface area (Å²) >= 11 is 6.06. The van der Waals surface area contributed by atoms with E-state index < -0.39 is 8.32 Å². The largest absolute Gasteiger partial charge is 0.407 e. The van der Waals surface area contributed by atoms with E-state index in [9.17, 15) is 0 Å². The molecule has 0 N–H and O–H groups in total. The van der Waals surface area contributed by atoms with Crippen molar-refractivity contribution < 1.29 is 4.43 Å². The van der Waals surface area contributed by atoms with Gasteiger partial charge in [0.1, 0.15) is 0 Å². The van der Waals surface area contributed by atoms with Crippen molar-refractivity contribution in [2.75, 3.05) is 26.2 Å². The lowest BCUT2D eigenvalue weighted by atomic mass is 10.4. The monoisotopic (exact) mass is 347 g/mol. The fraction of sp³-hybridized carbons (Fsp3) is 0.368. The number of hydrogen-bond acceptors (Lipinski definition) is 2. The molecule has 0 radical (unpaired) electrons. The predicted octanol–water partition coefficient (Wildman–Crippen LogP) is 3.39. The zero-order valence-electron chi connectivity index (χ0n) is 14.3. The summed E-state index contributed by atoms with van der Waals surface area (Å²) in [7, 11) is -2.20. The highest BCUT2D eigenvalue weighted by molar-refractivity contribution is 6.96. The molecule has 1 atom stereocenters. The van der Waals surface area contributed by atoms with E-state index in [4.69, 9.17) is 16.0 Å². The lowest BCUT2D eigenvalue weighted by Crippen LogP contribution is -2.59. The van der Waals surface area contributed by atoms with Crippen LogP contribution < -0.4 is 10.4 Å². The lowest BCUT2D eigenvalue weighted by molar-refractivity contribution is 0.222. The van der Waals surface area contributed by atoms with Gasteiger partial charge in [-0.2, -0.15) is 0 Å². The Balaban J connectivity index is 2.23. The zero-order valence-corrected chi connectivity index (χ0v) is 16.0. The molecular weight excluding hydrogens is 322 g/mol. The van der Waals surface area contributed by atoms with Crippen LogP contribution >= 0.6 is 11.6 Å². The molecule has 0 saturated carbocycles. The van der Waals surface area contributed by atoms with E-state index in [-0.39, 0.29) is 0 Å². The van der Waals surface area contributed by atoms with Crippen LogP contribution in [0.15, 0.2) is 54.6 Å². The van der Waals surface area contributed by atoms with Crippen molar-refractivity contribution >= 4 is 30.3 Å². The molecule has 0 aromatic heterocycles. The minimum absolute atomic E-state index is 0.752. The van der Waals surface area contributed by atoms with Crippen molar-refractivity contribution in [1.82, 2.24) is 4.90 Å². The van der Waals surface area contributed by atoms with Crippen LogP contribution in [0.3, 0.4) is 0 Å². The first kappa shape index (κ1) is 18.2. The normalized spacial score (nSPS) is 14.0. The van der Waals surface area contributed by atoms with Gasteiger partial charge in [0.25, 0.3) is 8.32 Å². The molecule has 1 unspecified atom stereocenters. The number of nitrogens with zero attached hydrogens (tertiary/aromatic N) is 1. The third-order valence-electron chi connectivity index (χ3n) is 4.41. The van der Waals surface area contributed by atoms with Crippen molar-refractivity contribution in [2.45, 2.75) is 20.4 Å². The van der Waals surface area contributed by atoms with Gasteiger partial charge in [0.2, 0.25) is 0 Å². The second-order valence-electron chi connectivity index (χ2n) is 5.78. The summed E-state index contributed by atoms with van der Waals surface area (Å²) in [5.41, 5.74) is 0. The van der Waals surface area contributed by atoms with Crippen molar-refractivity contribution in [3.63, 3.8) is 0 Å². The summed E-state index contributed by atoms with van der Waals surface area (Å²) < 4.78 is 6.53. The fourth-order valence-electron chi connectivity index (χ4n) is 2.78. The molecule has 124 valence electrons. The molecule has 0 amide bonds. The van der Waals surface area contributed by atoms with Gasteiger partial charge in [-0.05, 0) is 42.1 Å². The van der Waals surface area contributed by atoms with E-state index in [0.29, 0.717) is 0 Å². The number of rotatable bonds is 8. The molecular formula is C19H26ClNOSi. The van der Waals surface area contributed by atoms with Gasteiger partial charge in [-0.1, -0.05) is 67.9 Å². The maximum absolute atomic E-state index is 6.53. The van der Waals surface area contributed by atoms with E-state index in [1.807, 2.05) is 12.1 Å². The summed E-state index contributed by atoms with van der Waals surface area (Å²) in [4.78, 5) is 2.39. The van der Waals surface area contributed by atoms with Crippen molar-refractivity contribution in [1.29, 1.82) is 0 Å². The van der Waals surface area contributed by atoms with Crippen molar-refractivity contribution in [2.24, 2.45) is 0 Å². The van der Waals surface area contributed by atoms with Gasteiger partial charge in [-0.15, -0.1) is 0 Å². The molecule has 0 saturated heterocycles. The first-order chi connectivity index (χ1) is 11.1. The van der Waals surface area contributed by atoms with Gasteiger partial charge in [-0.3, -0.25) is 0 Å². The summed E-state index contributed by atoms with van der Waals surface area (Å²) in [5.74, 6) is 0. The number of halogens is 1. The highest BCUT2D eigenvalue weighted by Crippen LogP contribution is 2.11. The minimum atomic E-state index is -2.20. The molecule has 0 aliphatic carbocycles. The number of benzene rings is 2. The van der Waals surface area contributed by atoms with Crippen LogP contribution in [0.1, 0.15) is 13.8 Å².